The Bertz CT molecular complexity index is 894. The van der Waals surface area contributed by atoms with Crippen LogP contribution in [-0.4, -0.2) is 25.7 Å². The van der Waals surface area contributed by atoms with Crippen molar-refractivity contribution in [1.82, 2.24) is 5.32 Å². The molecule has 0 radical (unpaired) electrons. The first kappa shape index (κ1) is 19.7. The summed E-state index contributed by atoms with van der Waals surface area (Å²) in [6, 6.07) is 9.84. The standard InChI is InChI=1S/C23H25F2NO3/c24-18-6-3-16(13-19(18)25)4-8-22(27)26-15-23(9-1-2-10-23)17-5-7-20-21(14-17)29-12-11-28-20/h3,5-7,13-14H,1-2,4,8-12,15H2,(H,26,27). The van der Waals surface area contributed by atoms with Crippen molar-refractivity contribution in [3.8, 4) is 11.5 Å². The number of ether oxygens (including phenoxy) is 2. The maximum atomic E-state index is 13.3. The van der Waals surface area contributed by atoms with E-state index in [1.807, 2.05) is 12.1 Å². The van der Waals surface area contributed by atoms with Crippen LogP contribution in [0.3, 0.4) is 0 Å². The number of carbonyl (C=O) groups excluding carboxylic acids is 1. The molecule has 2 aromatic rings. The maximum absolute atomic E-state index is 13.3. The van der Waals surface area contributed by atoms with Gasteiger partial charge in [-0.15, -0.1) is 0 Å². The molecule has 154 valence electrons. The van der Waals surface area contributed by atoms with Gasteiger partial charge >= 0.3 is 0 Å². The molecule has 0 saturated heterocycles. The van der Waals surface area contributed by atoms with Crippen molar-refractivity contribution in [2.45, 2.75) is 43.9 Å². The summed E-state index contributed by atoms with van der Waals surface area (Å²) in [5, 5.41) is 3.06. The normalized spacial score (nSPS) is 17.2. The molecule has 1 heterocycles. The van der Waals surface area contributed by atoms with E-state index in [0.29, 0.717) is 31.7 Å². The zero-order valence-electron chi connectivity index (χ0n) is 16.3. The van der Waals surface area contributed by atoms with Crippen molar-refractivity contribution in [3.63, 3.8) is 0 Å². The molecule has 1 aliphatic heterocycles. The minimum absolute atomic E-state index is 0.0847. The number of benzene rings is 2. The lowest BCUT2D eigenvalue weighted by Gasteiger charge is -2.31. The van der Waals surface area contributed by atoms with E-state index in [2.05, 4.69) is 11.4 Å². The second-order valence-corrected chi connectivity index (χ2v) is 7.87. The molecule has 1 aliphatic carbocycles. The maximum Gasteiger partial charge on any atom is 0.220 e. The van der Waals surface area contributed by atoms with Crippen LogP contribution in [0.2, 0.25) is 0 Å². The molecule has 0 unspecified atom stereocenters. The fourth-order valence-corrected chi connectivity index (χ4v) is 4.30. The van der Waals surface area contributed by atoms with Crippen molar-refractivity contribution in [2.24, 2.45) is 0 Å². The molecular formula is C23H25F2NO3. The molecule has 1 N–H and O–H groups in total. The van der Waals surface area contributed by atoms with Crippen LogP contribution in [0.25, 0.3) is 0 Å². The van der Waals surface area contributed by atoms with Gasteiger partial charge in [0.15, 0.2) is 23.1 Å². The molecule has 4 rings (SSSR count). The SMILES string of the molecule is O=C(CCc1ccc(F)c(F)c1)NCC1(c2ccc3c(c2)OCCO3)CCCC1. The van der Waals surface area contributed by atoms with Gasteiger partial charge in [-0.3, -0.25) is 4.79 Å². The summed E-state index contributed by atoms with van der Waals surface area (Å²) in [6.07, 6.45) is 4.88. The molecule has 2 aliphatic rings. The Kier molecular flexibility index (Phi) is 5.69. The molecule has 4 nitrogen and oxygen atoms in total. The van der Waals surface area contributed by atoms with E-state index < -0.39 is 11.6 Å². The molecule has 2 aromatic carbocycles. The highest BCUT2D eigenvalue weighted by Crippen LogP contribution is 2.43. The summed E-state index contributed by atoms with van der Waals surface area (Å²) in [6.45, 7) is 1.67. The van der Waals surface area contributed by atoms with E-state index in [4.69, 9.17) is 9.47 Å². The number of fused-ring (bicyclic) bond motifs is 1. The molecule has 29 heavy (non-hydrogen) atoms. The highest BCUT2D eigenvalue weighted by atomic mass is 19.2. The first-order valence-electron chi connectivity index (χ1n) is 10.2. The number of halogens is 2. The Hall–Kier alpha value is -2.63. The predicted molar refractivity (Wildman–Crippen MR) is 105 cm³/mol. The minimum Gasteiger partial charge on any atom is -0.486 e. The number of carbonyl (C=O) groups is 1. The van der Waals surface area contributed by atoms with Gasteiger partial charge in [0.05, 0.1) is 0 Å². The number of aryl methyl sites for hydroxylation is 1. The zero-order chi connectivity index (χ0) is 20.3. The van der Waals surface area contributed by atoms with Gasteiger partial charge in [-0.25, -0.2) is 8.78 Å². The van der Waals surface area contributed by atoms with E-state index in [1.165, 1.54) is 11.6 Å². The molecule has 6 heteroatoms. The molecule has 1 fully saturated rings. The molecule has 1 amide bonds. The van der Waals surface area contributed by atoms with Gasteiger partial charge < -0.3 is 14.8 Å². The number of rotatable bonds is 6. The van der Waals surface area contributed by atoms with E-state index >= 15 is 0 Å². The van der Waals surface area contributed by atoms with Gasteiger partial charge in [0, 0.05) is 18.4 Å². The highest BCUT2D eigenvalue weighted by molar-refractivity contribution is 5.76. The van der Waals surface area contributed by atoms with E-state index in [-0.39, 0.29) is 17.7 Å². The number of hydrogen-bond donors (Lipinski definition) is 1. The minimum atomic E-state index is -0.883. The topological polar surface area (TPSA) is 47.6 Å². The summed E-state index contributed by atoms with van der Waals surface area (Å²) < 4.78 is 37.7. The van der Waals surface area contributed by atoms with Crippen molar-refractivity contribution < 1.29 is 23.0 Å². The van der Waals surface area contributed by atoms with Gasteiger partial charge in [0.2, 0.25) is 5.91 Å². The Morgan fingerprint density at radius 2 is 1.72 bits per heavy atom. The smallest absolute Gasteiger partial charge is 0.220 e. The van der Waals surface area contributed by atoms with Crippen LogP contribution in [0.5, 0.6) is 11.5 Å². The molecular weight excluding hydrogens is 376 g/mol. The van der Waals surface area contributed by atoms with Crippen molar-refractivity contribution >= 4 is 5.91 Å². The first-order valence-corrected chi connectivity index (χ1v) is 10.2. The van der Waals surface area contributed by atoms with Crippen LogP contribution in [0.15, 0.2) is 36.4 Å². The molecule has 0 spiro atoms. The summed E-state index contributed by atoms with van der Waals surface area (Å²) >= 11 is 0. The Morgan fingerprint density at radius 1 is 0.966 bits per heavy atom. The van der Waals surface area contributed by atoms with E-state index in [0.717, 1.165) is 49.3 Å². The Labute approximate surface area is 169 Å². The van der Waals surface area contributed by atoms with Crippen LogP contribution in [0, 0.1) is 11.6 Å². The van der Waals surface area contributed by atoms with Crippen LogP contribution in [0.1, 0.15) is 43.2 Å². The molecule has 0 atom stereocenters. The lowest BCUT2D eigenvalue weighted by molar-refractivity contribution is -0.121. The monoisotopic (exact) mass is 401 g/mol. The van der Waals surface area contributed by atoms with E-state index in [9.17, 15) is 13.6 Å². The van der Waals surface area contributed by atoms with Crippen LogP contribution < -0.4 is 14.8 Å². The molecule has 0 aromatic heterocycles. The summed E-state index contributed by atoms with van der Waals surface area (Å²) in [5.41, 5.74) is 1.68. The van der Waals surface area contributed by atoms with Crippen LogP contribution >= 0.6 is 0 Å². The summed E-state index contributed by atoms with van der Waals surface area (Å²) in [7, 11) is 0. The fraction of sp³-hybridized carbons (Fsp3) is 0.435. The predicted octanol–water partition coefficient (Wildman–Crippen LogP) is 4.30. The van der Waals surface area contributed by atoms with Crippen molar-refractivity contribution in [3.05, 3.63) is 59.2 Å². The fourth-order valence-electron chi connectivity index (χ4n) is 4.30. The second kappa shape index (κ2) is 8.39. The van der Waals surface area contributed by atoms with Gasteiger partial charge in [0.1, 0.15) is 13.2 Å². The second-order valence-electron chi connectivity index (χ2n) is 7.87. The van der Waals surface area contributed by atoms with Gasteiger partial charge in [-0.05, 0) is 54.7 Å². The number of amides is 1. The largest absolute Gasteiger partial charge is 0.486 e. The third kappa shape index (κ3) is 4.36. The van der Waals surface area contributed by atoms with Crippen LogP contribution in [0.4, 0.5) is 8.78 Å². The first-order chi connectivity index (χ1) is 14.1. The average Bonchev–Trinajstić information content (AvgIpc) is 3.23. The van der Waals surface area contributed by atoms with Gasteiger partial charge in [0.25, 0.3) is 0 Å². The lowest BCUT2D eigenvalue weighted by atomic mass is 9.78. The summed E-state index contributed by atoms with van der Waals surface area (Å²) in [4.78, 5) is 12.4. The highest BCUT2D eigenvalue weighted by Gasteiger charge is 2.36. The molecule has 0 bridgehead atoms. The quantitative estimate of drug-likeness (QED) is 0.785. The Morgan fingerprint density at radius 3 is 2.48 bits per heavy atom. The summed E-state index contributed by atoms with van der Waals surface area (Å²) in [5.74, 6) is -0.306. The zero-order valence-corrected chi connectivity index (χ0v) is 16.3. The van der Waals surface area contributed by atoms with Gasteiger partial charge in [-0.1, -0.05) is 25.0 Å². The number of hydrogen-bond acceptors (Lipinski definition) is 3. The average molecular weight is 401 g/mol. The third-order valence-corrected chi connectivity index (χ3v) is 5.96. The van der Waals surface area contributed by atoms with Crippen LogP contribution in [-0.2, 0) is 16.6 Å². The van der Waals surface area contributed by atoms with Crippen molar-refractivity contribution in [2.75, 3.05) is 19.8 Å². The molecule has 1 saturated carbocycles. The van der Waals surface area contributed by atoms with E-state index in [1.54, 1.807) is 0 Å². The van der Waals surface area contributed by atoms with Crippen molar-refractivity contribution in [1.29, 1.82) is 0 Å². The lowest BCUT2D eigenvalue weighted by Crippen LogP contribution is -2.39. The third-order valence-electron chi connectivity index (χ3n) is 5.96. The Balaban J connectivity index is 1.39. The van der Waals surface area contributed by atoms with Gasteiger partial charge in [-0.2, -0.15) is 0 Å². The number of nitrogens with one attached hydrogen (secondary N) is 1.